The van der Waals surface area contributed by atoms with Gasteiger partial charge in [-0.1, -0.05) is 41.7 Å². The van der Waals surface area contributed by atoms with E-state index in [1.165, 1.54) is 18.4 Å². The Morgan fingerprint density at radius 2 is 1.97 bits per heavy atom. The maximum atomic E-state index is 13.6. The molecule has 0 radical (unpaired) electrons. The number of thiazole rings is 1. The maximum Gasteiger partial charge on any atom is 0.338 e. The number of carbonyl (C=O) groups is 1. The van der Waals surface area contributed by atoms with E-state index in [0.29, 0.717) is 38.7 Å². The molecule has 0 fully saturated rings. The van der Waals surface area contributed by atoms with Crippen LogP contribution in [0.2, 0.25) is 0 Å². The van der Waals surface area contributed by atoms with Crippen LogP contribution in [0.5, 0.6) is 11.5 Å². The molecule has 0 aliphatic carbocycles. The van der Waals surface area contributed by atoms with E-state index < -0.39 is 12.0 Å². The lowest BCUT2D eigenvalue weighted by molar-refractivity contribution is -0.136. The van der Waals surface area contributed by atoms with E-state index in [2.05, 4.69) is 20.9 Å². The fourth-order valence-electron chi connectivity index (χ4n) is 3.90. The first-order valence-corrected chi connectivity index (χ1v) is 12.2. The lowest BCUT2D eigenvalue weighted by Crippen LogP contribution is -2.39. The Hall–Kier alpha value is -3.17. The summed E-state index contributed by atoms with van der Waals surface area (Å²) in [5, 5.41) is 0. The fraction of sp³-hybridized carbons (Fsp3) is 0.240. The lowest BCUT2D eigenvalue weighted by Gasteiger charge is -2.24. The van der Waals surface area contributed by atoms with E-state index >= 15 is 0 Å². The smallest absolute Gasteiger partial charge is 0.338 e. The number of hydrogen-bond donors (Lipinski definition) is 0. The fourth-order valence-corrected chi connectivity index (χ4v) is 5.52. The Bertz CT molecular complexity index is 1460. The van der Waals surface area contributed by atoms with Crippen LogP contribution in [0.15, 0.2) is 68.0 Å². The molecule has 2 heterocycles. The number of fused-ring (bicyclic) bond motifs is 1. The van der Waals surface area contributed by atoms with Gasteiger partial charge in [0.05, 0.1) is 47.1 Å². The SMILES string of the molecule is CCOc1c(Br)cc(/C=c2\sc3n(c2=O)C(c2ccccc2)C(C(=O)OC)=C(C)N=3)cc1OC. The van der Waals surface area contributed by atoms with Crippen molar-refractivity contribution in [3.05, 3.63) is 89.0 Å². The summed E-state index contributed by atoms with van der Waals surface area (Å²) in [4.78, 5) is 31.4. The summed E-state index contributed by atoms with van der Waals surface area (Å²) in [5.41, 5.74) is 2.19. The summed E-state index contributed by atoms with van der Waals surface area (Å²) < 4.78 is 18.9. The van der Waals surface area contributed by atoms with Gasteiger partial charge < -0.3 is 14.2 Å². The number of benzene rings is 2. The highest BCUT2D eigenvalue weighted by atomic mass is 79.9. The van der Waals surface area contributed by atoms with Crippen molar-refractivity contribution in [2.75, 3.05) is 20.8 Å². The first-order valence-electron chi connectivity index (χ1n) is 10.6. The number of nitrogens with zero attached hydrogens (tertiary/aromatic N) is 2. The number of hydrogen-bond acceptors (Lipinski definition) is 7. The van der Waals surface area contributed by atoms with E-state index in [1.807, 2.05) is 49.4 Å². The zero-order valence-corrected chi connectivity index (χ0v) is 21.5. The van der Waals surface area contributed by atoms with Gasteiger partial charge in [0.25, 0.3) is 5.56 Å². The predicted octanol–water partition coefficient (Wildman–Crippen LogP) is 3.58. The molecule has 0 amide bonds. The van der Waals surface area contributed by atoms with E-state index in [0.717, 1.165) is 15.6 Å². The van der Waals surface area contributed by atoms with Gasteiger partial charge in [0.15, 0.2) is 16.3 Å². The topological polar surface area (TPSA) is 79.1 Å². The Balaban J connectivity index is 1.93. The summed E-state index contributed by atoms with van der Waals surface area (Å²) in [7, 11) is 2.89. The summed E-state index contributed by atoms with van der Waals surface area (Å²) in [6, 6.07) is 12.5. The van der Waals surface area contributed by atoms with Crippen LogP contribution in [0.4, 0.5) is 0 Å². The van der Waals surface area contributed by atoms with E-state index in [4.69, 9.17) is 14.2 Å². The first-order chi connectivity index (χ1) is 16.4. The van der Waals surface area contributed by atoms with Crippen LogP contribution in [-0.2, 0) is 9.53 Å². The summed E-state index contributed by atoms with van der Waals surface area (Å²) >= 11 is 4.80. The minimum atomic E-state index is -0.631. The summed E-state index contributed by atoms with van der Waals surface area (Å²) in [5.74, 6) is 0.650. The second-order valence-electron chi connectivity index (χ2n) is 7.45. The molecule has 1 atom stereocenters. The Kier molecular flexibility index (Phi) is 7.04. The molecule has 34 heavy (non-hydrogen) atoms. The number of methoxy groups -OCH3 is 2. The minimum Gasteiger partial charge on any atom is -0.493 e. The highest BCUT2D eigenvalue weighted by molar-refractivity contribution is 9.10. The van der Waals surface area contributed by atoms with Gasteiger partial charge in [-0.05, 0) is 59.1 Å². The number of rotatable bonds is 6. The van der Waals surface area contributed by atoms with Crippen molar-refractivity contribution >= 4 is 39.3 Å². The van der Waals surface area contributed by atoms with Gasteiger partial charge >= 0.3 is 5.97 Å². The normalized spacial score (nSPS) is 15.6. The van der Waals surface area contributed by atoms with E-state index in [1.54, 1.807) is 24.7 Å². The Morgan fingerprint density at radius 1 is 1.24 bits per heavy atom. The third-order valence-corrected chi connectivity index (χ3v) is 6.95. The van der Waals surface area contributed by atoms with Crippen LogP contribution >= 0.6 is 27.3 Å². The average molecular weight is 543 g/mol. The van der Waals surface area contributed by atoms with Gasteiger partial charge in [-0.2, -0.15) is 0 Å². The van der Waals surface area contributed by atoms with E-state index in [9.17, 15) is 9.59 Å². The molecule has 0 bridgehead atoms. The molecule has 1 aliphatic rings. The average Bonchev–Trinajstić information content (AvgIpc) is 3.14. The number of ether oxygens (including phenoxy) is 3. The van der Waals surface area contributed by atoms with Gasteiger partial charge in [-0.15, -0.1) is 0 Å². The molecule has 1 unspecified atom stereocenters. The van der Waals surface area contributed by atoms with Crippen molar-refractivity contribution < 1.29 is 19.0 Å². The largest absolute Gasteiger partial charge is 0.493 e. The van der Waals surface area contributed by atoms with Crippen LogP contribution in [0.3, 0.4) is 0 Å². The van der Waals surface area contributed by atoms with Gasteiger partial charge in [0.1, 0.15) is 0 Å². The molecule has 1 aliphatic heterocycles. The van der Waals surface area contributed by atoms with Gasteiger partial charge in [-0.25, -0.2) is 9.79 Å². The van der Waals surface area contributed by atoms with Crippen LogP contribution in [0.1, 0.15) is 31.0 Å². The van der Waals surface area contributed by atoms with Crippen molar-refractivity contribution in [3.8, 4) is 11.5 Å². The zero-order valence-electron chi connectivity index (χ0n) is 19.1. The Morgan fingerprint density at radius 3 is 2.62 bits per heavy atom. The second kappa shape index (κ2) is 9.99. The molecule has 7 nitrogen and oxygen atoms in total. The summed E-state index contributed by atoms with van der Waals surface area (Å²) in [6.07, 6.45) is 1.78. The highest BCUT2D eigenvalue weighted by Crippen LogP contribution is 2.37. The van der Waals surface area contributed by atoms with Crippen molar-refractivity contribution in [2.45, 2.75) is 19.9 Å². The molecule has 0 saturated carbocycles. The molecule has 0 saturated heterocycles. The third kappa shape index (κ3) is 4.33. The molecule has 2 aromatic carbocycles. The van der Waals surface area contributed by atoms with Gasteiger partial charge in [0, 0.05) is 0 Å². The van der Waals surface area contributed by atoms with Crippen LogP contribution < -0.4 is 24.4 Å². The van der Waals surface area contributed by atoms with Crippen LogP contribution in [0, 0.1) is 0 Å². The van der Waals surface area contributed by atoms with Crippen molar-refractivity contribution in [3.63, 3.8) is 0 Å². The predicted molar refractivity (Wildman–Crippen MR) is 134 cm³/mol. The quantitative estimate of drug-likeness (QED) is 0.445. The molecular weight excluding hydrogens is 520 g/mol. The monoisotopic (exact) mass is 542 g/mol. The number of esters is 1. The number of aromatic nitrogens is 1. The van der Waals surface area contributed by atoms with Crippen molar-refractivity contribution in [1.82, 2.24) is 4.57 Å². The number of halogens is 1. The minimum absolute atomic E-state index is 0.240. The van der Waals surface area contributed by atoms with Crippen molar-refractivity contribution in [2.24, 2.45) is 4.99 Å². The molecule has 0 N–H and O–H groups in total. The first kappa shape index (κ1) is 24.0. The molecule has 9 heteroatoms. The zero-order chi connectivity index (χ0) is 24.4. The summed E-state index contributed by atoms with van der Waals surface area (Å²) in [6.45, 7) is 4.15. The molecule has 1 aromatic heterocycles. The van der Waals surface area contributed by atoms with Crippen LogP contribution in [-0.4, -0.2) is 31.4 Å². The van der Waals surface area contributed by atoms with Gasteiger partial charge in [-0.3, -0.25) is 9.36 Å². The maximum absolute atomic E-state index is 13.6. The highest BCUT2D eigenvalue weighted by Gasteiger charge is 2.32. The van der Waals surface area contributed by atoms with Gasteiger partial charge in [0.2, 0.25) is 0 Å². The lowest BCUT2D eigenvalue weighted by atomic mass is 9.96. The molecular formula is C25H23BrN2O5S. The molecule has 4 rings (SSSR count). The molecule has 0 spiro atoms. The Labute approximate surface area is 208 Å². The number of allylic oxidation sites excluding steroid dienone is 1. The number of carbonyl (C=O) groups excluding carboxylic acids is 1. The molecule has 176 valence electrons. The van der Waals surface area contributed by atoms with E-state index in [-0.39, 0.29) is 5.56 Å². The standard InChI is InChI=1S/C25H23BrN2O5S/c1-5-33-22-17(26)11-15(12-18(22)31-3)13-19-23(29)28-21(16-9-7-6-8-10-16)20(24(30)32-4)14(2)27-25(28)34-19/h6-13,21H,5H2,1-4H3/b19-13-. The van der Waals surface area contributed by atoms with Crippen LogP contribution in [0.25, 0.3) is 6.08 Å². The molecule has 3 aromatic rings. The van der Waals surface area contributed by atoms with Crippen molar-refractivity contribution in [1.29, 1.82) is 0 Å². The third-order valence-electron chi connectivity index (χ3n) is 5.38. The second-order valence-corrected chi connectivity index (χ2v) is 9.31.